The fourth-order valence-corrected chi connectivity index (χ4v) is 1.23. The number of amides is 2. The quantitative estimate of drug-likeness (QED) is 0.726. The van der Waals surface area contributed by atoms with Crippen molar-refractivity contribution in [2.45, 2.75) is 25.9 Å². The van der Waals surface area contributed by atoms with E-state index in [4.69, 9.17) is 5.11 Å². The van der Waals surface area contributed by atoms with Crippen LogP contribution in [0.15, 0.2) is 24.5 Å². The summed E-state index contributed by atoms with van der Waals surface area (Å²) in [6.45, 7) is 3.21. The summed E-state index contributed by atoms with van der Waals surface area (Å²) in [5, 5.41) is 13.6. The van der Waals surface area contributed by atoms with Crippen molar-refractivity contribution in [3.8, 4) is 0 Å². The lowest BCUT2D eigenvalue weighted by molar-refractivity contribution is -0.138. The zero-order valence-corrected chi connectivity index (χ0v) is 9.68. The average molecular weight is 237 g/mol. The van der Waals surface area contributed by atoms with Gasteiger partial charge in [0.1, 0.15) is 6.04 Å². The van der Waals surface area contributed by atoms with E-state index >= 15 is 0 Å². The molecule has 0 aromatic carbocycles. The number of nitrogens with zero attached hydrogens (tertiary/aromatic N) is 1. The van der Waals surface area contributed by atoms with Crippen molar-refractivity contribution >= 4 is 12.0 Å². The Bertz CT molecular complexity index is 394. The van der Waals surface area contributed by atoms with Crippen LogP contribution in [0.25, 0.3) is 0 Å². The molecule has 2 amide bonds. The Kier molecular flexibility index (Phi) is 4.45. The van der Waals surface area contributed by atoms with Gasteiger partial charge in [-0.05, 0) is 31.5 Å². The summed E-state index contributed by atoms with van der Waals surface area (Å²) in [4.78, 5) is 25.9. The second-order valence-electron chi connectivity index (χ2n) is 3.68. The van der Waals surface area contributed by atoms with Crippen molar-refractivity contribution in [1.29, 1.82) is 0 Å². The molecule has 17 heavy (non-hydrogen) atoms. The summed E-state index contributed by atoms with van der Waals surface area (Å²) < 4.78 is 0. The molecule has 2 unspecified atom stereocenters. The number of aliphatic carboxylic acids is 1. The van der Waals surface area contributed by atoms with Crippen LogP contribution < -0.4 is 10.6 Å². The highest BCUT2D eigenvalue weighted by Gasteiger charge is 2.15. The first kappa shape index (κ1) is 13.0. The van der Waals surface area contributed by atoms with Crippen molar-refractivity contribution in [2.24, 2.45) is 0 Å². The van der Waals surface area contributed by atoms with Gasteiger partial charge < -0.3 is 15.7 Å². The molecule has 0 spiro atoms. The molecule has 0 saturated heterocycles. The molecule has 6 heteroatoms. The average Bonchev–Trinajstić information content (AvgIpc) is 2.29. The van der Waals surface area contributed by atoms with Crippen molar-refractivity contribution in [1.82, 2.24) is 15.6 Å². The molecule has 0 fully saturated rings. The summed E-state index contributed by atoms with van der Waals surface area (Å²) in [5.41, 5.74) is 0.901. The Labute approximate surface area is 99.1 Å². The Hall–Kier alpha value is -2.11. The number of urea groups is 1. The highest BCUT2D eigenvalue weighted by atomic mass is 16.4. The third kappa shape index (κ3) is 4.10. The van der Waals surface area contributed by atoms with Crippen LogP contribution in [0.1, 0.15) is 25.5 Å². The molecule has 0 aliphatic heterocycles. The van der Waals surface area contributed by atoms with Gasteiger partial charge in [-0.15, -0.1) is 0 Å². The van der Waals surface area contributed by atoms with Crippen LogP contribution in [0.3, 0.4) is 0 Å². The second kappa shape index (κ2) is 5.83. The molecule has 6 nitrogen and oxygen atoms in total. The van der Waals surface area contributed by atoms with Crippen molar-refractivity contribution in [3.05, 3.63) is 30.1 Å². The van der Waals surface area contributed by atoms with Gasteiger partial charge in [0.05, 0.1) is 6.04 Å². The van der Waals surface area contributed by atoms with E-state index in [0.717, 1.165) is 5.56 Å². The van der Waals surface area contributed by atoms with Crippen molar-refractivity contribution in [2.75, 3.05) is 0 Å². The minimum absolute atomic E-state index is 0.209. The number of rotatable bonds is 4. The van der Waals surface area contributed by atoms with E-state index in [2.05, 4.69) is 15.6 Å². The number of carboxylic acid groups (broad SMARTS) is 1. The van der Waals surface area contributed by atoms with Gasteiger partial charge in [0.25, 0.3) is 0 Å². The fourth-order valence-electron chi connectivity index (χ4n) is 1.23. The minimum Gasteiger partial charge on any atom is -0.480 e. The van der Waals surface area contributed by atoms with Gasteiger partial charge in [-0.2, -0.15) is 0 Å². The molecule has 1 rings (SSSR count). The van der Waals surface area contributed by atoms with E-state index in [1.165, 1.54) is 6.92 Å². The predicted molar refractivity (Wildman–Crippen MR) is 61.4 cm³/mol. The van der Waals surface area contributed by atoms with Gasteiger partial charge in [-0.25, -0.2) is 4.79 Å². The van der Waals surface area contributed by atoms with E-state index in [9.17, 15) is 9.59 Å². The van der Waals surface area contributed by atoms with Gasteiger partial charge in [0.15, 0.2) is 0 Å². The van der Waals surface area contributed by atoms with Crippen LogP contribution in [0.2, 0.25) is 0 Å². The van der Waals surface area contributed by atoms with E-state index in [0.29, 0.717) is 0 Å². The predicted octanol–water partition coefficient (Wildman–Crippen LogP) is 0.915. The molecule has 2 atom stereocenters. The van der Waals surface area contributed by atoms with E-state index in [-0.39, 0.29) is 6.04 Å². The number of carbonyl (C=O) groups is 2. The standard InChI is InChI=1S/C11H15N3O3/c1-7(9-3-5-12-6-4-9)13-11(17)14-8(2)10(15)16/h3-8H,1-2H3,(H,15,16)(H2,13,14,17). The first-order chi connectivity index (χ1) is 8.00. The Morgan fingerprint density at radius 1 is 1.24 bits per heavy atom. The molecule has 0 bridgehead atoms. The third-order valence-electron chi connectivity index (χ3n) is 2.27. The highest BCUT2D eigenvalue weighted by molar-refractivity contribution is 5.82. The van der Waals surface area contributed by atoms with Gasteiger partial charge in [-0.3, -0.25) is 9.78 Å². The lowest BCUT2D eigenvalue weighted by Crippen LogP contribution is -2.45. The summed E-state index contributed by atoms with van der Waals surface area (Å²) in [5.74, 6) is -1.07. The first-order valence-electron chi connectivity index (χ1n) is 5.20. The monoisotopic (exact) mass is 237 g/mol. The van der Waals surface area contributed by atoms with Crippen molar-refractivity contribution in [3.63, 3.8) is 0 Å². The smallest absolute Gasteiger partial charge is 0.325 e. The Morgan fingerprint density at radius 2 is 1.82 bits per heavy atom. The largest absolute Gasteiger partial charge is 0.480 e. The molecule has 0 aliphatic rings. The normalized spacial score (nSPS) is 13.5. The lowest BCUT2D eigenvalue weighted by atomic mass is 10.1. The maximum Gasteiger partial charge on any atom is 0.325 e. The van der Waals surface area contributed by atoms with Crippen LogP contribution in [-0.2, 0) is 4.79 Å². The fraction of sp³-hybridized carbons (Fsp3) is 0.364. The number of hydrogen-bond donors (Lipinski definition) is 3. The topological polar surface area (TPSA) is 91.3 Å². The molecule has 0 aliphatic carbocycles. The Balaban J connectivity index is 2.49. The third-order valence-corrected chi connectivity index (χ3v) is 2.27. The first-order valence-corrected chi connectivity index (χ1v) is 5.20. The van der Waals surface area contributed by atoms with Gasteiger partial charge in [-0.1, -0.05) is 0 Å². The van der Waals surface area contributed by atoms with Gasteiger partial charge in [0.2, 0.25) is 0 Å². The van der Waals surface area contributed by atoms with Crippen LogP contribution in [0.4, 0.5) is 4.79 Å². The summed E-state index contributed by atoms with van der Waals surface area (Å²) in [7, 11) is 0. The molecule has 0 saturated carbocycles. The summed E-state index contributed by atoms with van der Waals surface area (Å²) >= 11 is 0. The molecule has 3 N–H and O–H groups in total. The molecule has 1 aromatic rings. The SMILES string of the molecule is CC(NC(=O)NC(C)c1ccncc1)C(=O)O. The number of pyridine rings is 1. The van der Waals surface area contributed by atoms with Crippen molar-refractivity contribution < 1.29 is 14.7 Å². The van der Waals surface area contributed by atoms with Crippen LogP contribution in [-0.4, -0.2) is 28.1 Å². The van der Waals surface area contributed by atoms with E-state index in [1.54, 1.807) is 31.5 Å². The van der Waals surface area contributed by atoms with Crippen LogP contribution in [0.5, 0.6) is 0 Å². The van der Waals surface area contributed by atoms with Gasteiger partial charge in [0, 0.05) is 12.4 Å². The molecular formula is C11H15N3O3. The zero-order chi connectivity index (χ0) is 12.8. The number of hydrogen-bond acceptors (Lipinski definition) is 3. The number of aromatic nitrogens is 1. The maximum atomic E-state index is 11.4. The molecule has 1 heterocycles. The van der Waals surface area contributed by atoms with Gasteiger partial charge >= 0.3 is 12.0 Å². The molecule has 92 valence electrons. The number of carbonyl (C=O) groups excluding carboxylic acids is 1. The lowest BCUT2D eigenvalue weighted by Gasteiger charge is -2.16. The minimum atomic E-state index is -1.07. The van der Waals surface area contributed by atoms with Crippen LogP contribution in [0, 0.1) is 0 Å². The highest BCUT2D eigenvalue weighted by Crippen LogP contribution is 2.09. The van der Waals surface area contributed by atoms with Crippen LogP contribution >= 0.6 is 0 Å². The molecular weight excluding hydrogens is 222 g/mol. The van der Waals surface area contributed by atoms with E-state index < -0.39 is 18.0 Å². The maximum absolute atomic E-state index is 11.4. The molecule has 0 radical (unpaired) electrons. The Morgan fingerprint density at radius 3 is 2.35 bits per heavy atom. The summed E-state index contributed by atoms with van der Waals surface area (Å²) in [6.07, 6.45) is 3.26. The number of nitrogens with one attached hydrogen (secondary N) is 2. The summed E-state index contributed by atoms with van der Waals surface area (Å²) in [6, 6.07) is 1.93. The van der Waals surface area contributed by atoms with E-state index in [1.807, 2.05) is 0 Å². The zero-order valence-electron chi connectivity index (χ0n) is 9.68. The number of carboxylic acids is 1. The second-order valence-corrected chi connectivity index (χ2v) is 3.68. The molecule has 1 aromatic heterocycles.